The molecule has 0 saturated carbocycles. The van der Waals surface area contributed by atoms with Crippen molar-refractivity contribution < 1.29 is 4.42 Å². The first-order valence-corrected chi connectivity index (χ1v) is 18.8. The van der Waals surface area contributed by atoms with Crippen LogP contribution in [-0.2, 0) is 0 Å². The number of hydrogen-bond acceptors (Lipinski definition) is 5. The van der Waals surface area contributed by atoms with E-state index in [1.165, 1.54) is 36.7 Å². The van der Waals surface area contributed by atoms with Crippen molar-refractivity contribution in [3.63, 3.8) is 0 Å². The molecule has 0 saturated heterocycles. The van der Waals surface area contributed by atoms with Gasteiger partial charge in [-0.05, 0) is 63.9 Å². The summed E-state index contributed by atoms with van der Waals surface area (Å²) in [6.45, 7) is 0. The van der Waals surface area contributed by atoms with Gasteiger partial charge in [0.25, 0.3) is 0 Å². The summed E-state index contributed by atoms with van der Waals surface area (Å²) in [7, 11) is 0. The van der Waals surface area contributed by atoms with E-state index >= 15 is 0 Å². The first-order valence-electron chi connectivity index (χ1n) is 18.0. The van der Waals surface area contributed by atoms with Gasteiger partial charge >= 0.3 is 0 Å². The lowest BCUT2D eigenvalue weighted by Gasteiger charge is -2.14. The summed E-state index contributed by atoms with van der Waals surface area (Å²) >= 11 is 1.85. The summed E-state index contributed by atoms with van der Waals surface area (Å²) in [5.74, 6) is 1.81. The molecular formula is C49H29N3OS. The second-order valence-electron chi connectivity index (χ2n) is 13.6. The van der Waals surface area contributed by atoms with E-state index in [1.807, 2.05) is 35.6 Å². The van der Waals surface area contributed by atoms with E-state index in [4.69, 9.17) is 19.4 Å². The monoisotopic (exact) mass is 707 g/mol. The zero-order chi connectivity index (χ0) is 35.6. The summed E-state index contributed by atoms with van der Waals surface area (Å²) < 4.78 is 8.86. The third-order valence-electron chi connectivity index (χ3n) is 10.3. The van der Waals surface area contributed by atoms with Crippen molar-refractivity contribution in [3.05, 3.63) is 176 Å². The summed E-state index contributed by atoms with van der Waals surface area (Å²) in [5, 5.41) is 7.02. The largest absolute Gasteiger partial charge is 0.456 e. The number of thiophene rings is 1. The molecule has 0 aliphatic heterocycles. The SMILES string of the molecule is c1ccc(-c2cc(-c3nc(-c4ccc5ccccc5c4)nc(-c4ccc5c(c4)oc4ccccc45)n3)ccc2-c2cccc3c2sc2ccccc23)cc1. The quantitative estimate of drug-likeness (QED) is 0.179. The maximum absolute atomic E-state index is 6.29. The summed E-state index contributed by atoms with van der Waals surface area (Å²) in [6.07, 6.45) is 0. The molecular weight excluding hydrogens is 679 g/mol. The van der Waals surface area contributed by atoms with E-state index in [0.29, 0.717) is 17.5 Å². The molecule has 0 aliphatic carbocycles. The minimum Gasteiger partial charge on any atom is -0.456 e. The number of aromatic nitrogens is 3. The molecule has 252 valence electrons. The Morgan fingerprint density at radius 1 is 0.352 bits per heavy atom. The van der Waals surface area contributed by atoms with Gasteiger partial charge in [0, 0.05) is 53.2 Å². The van der Waals surface area contributed by atoms with Crippen molar-refractivity contribution in [1.82, 2.24) is 15.0 Å². The number of benzene rings is 8. The smallest absolute Gasteiger partial charge is 0.164 e. The van der Waals surface area contributed by atoms with Crippen LogP contribution in [-0.4, -0.2) is 15.0 Å². The molecule has 0 bridgehead atoms. The van der Waals surface area contributed by atoms with E-state index < -0.39 is 0 Å². The topological polar surface area (TPSA) is 51.8 Å². The lowest BCUT2D eigenvalue weighted by Crippen LogP contribution is -2.00. The minimum atomic E-state index is 0.589. The van der Waals surface area contributed by atoms with Crippen molar-refractivity contribution >= 4 is 64.2 Å². The van der Waals surface area contributed by atoms with E-state index in [1.54, 1.807) is 0 Å². The van der Waals surface area contributed by atoms with Crippen LogP contribution in [0.15, 0.2) is 180 Å². The average Bonchev–Trinajstić information content (AvgIpc) is 3.82. The van der Waals surface area contributed by atoms with E-state index in [9.17, 15) is 0 Å². The Morgan fingerprint density at radius 2 is 0.981 bits per heavy atom. The van der Waals surface area contributed by atoms with Crippen molar-refractivity contribution in [2.45, 2.75) is 0 Å². The Morgan fingerprint density at radius 3 is 1.83 bits per heavy atom. The summed E-state index contributed by atoms with van der Waals surface area (Å²) in [4.78, 5) is 15.5. The maximum Gasteiger partial charge on any atom is 0.164 e. The lowest BCUT2D eigenvalue weighted by molar-refractivity contribution is 0.669. The molecule has 5 heteroatoms. The average molecular weight is 708 g/mol. The zero-order valence-electron chi connectivity index (χ0n) is 28.9. The van der Waals surface area contributed by atoms with Gasteiger partial charge in [-0.25, -0.2) is 15.0 Å². The molecule has 8 aromatic carbocycles. The van der Waals surface area contributed by atoms with Gasteiger partial charge in [0.1, 0.15) is 11.2 Å². The summed E-state index contributed by atoms with van der Waals surface area (Å²) in [6, 6.07) is 61.7. The Hall–Kier alpha value is -6.95. The molecule has 11 rings (SSSR count). The van der Waals surface area contributed by atoms with Crippen LogP contribution in [0.3, 0.4) is 0 Å². The molecule has 3 heterocycles. The van der Waals surface area contributed by atoms with Gasteiger partial charge in [0.2, 0.25) is 0 Å². The van der Waals surface area contributed by atoms with Crippen molar-refractivity contribution in [2.75, 3.05) is 0 Å². The predicted molar refractivity (Wildman–Crippen MR) is 225 cm³/mol. The Balaban J connectivity index is 1.12. The fourth-order valence-electron chi connectivity index (χ4n) is 7.69. The molecule has 0 atom stereocenters. The fraction of sp³-hybridized carbons (Fsp3) is 0. The number of furan rings is 1. The van der Waals surface area contributed by atoms with Crippen LogP contribution in [0.4, 0.5) is 0 Å². The number of fused-ring (bicyclic) bond motifs is 7. The third kappa shape index (κ3) is 5.09. The maximum atomic E-state index is 6.29. The van der Waals surface area contributed by atoms with Crippen LogP contribution in [0.5, 0.6) is 0 Å². The van der Waals surface area contributed by atoms with Crippen LogP contribution < -0.4 is 0 Å². The van der Waals surface area contributed by atoms with Crippen LogP contribution in [0, 0.1) is 0 Å². The molecule has 0 aliphatic rings. The zero-order valence-corrected chi connectivity index (χ0v) is 29.7. The molecule has 11 aromatic rings. The van der Waals surface area contributed by atoms with Crippen molar-refractivity contribution in [3.8, 4) is 56.4 Å². The van der Waals surface area contributed by atoms with Crippen LogP contribution in [0.25, 0.3) is 109 Å². The number of para-hydroxylation sites is 1. The standard InChI is InChI=1S/C49H29N3OS/c1-2-12-31(13-3-1)42-28-34(23-25-36(42)40-17-10-18-41-39-16-7-9-20-45(39)54-46(40)41)48-50-47(33-22-21-30-11-4-5-14-32(30)27-33)51-49(52-48)35-24-26-38-37-15-6-8-19-43(37)53-44(38)29-35/h1-29H. The molecule has 3 aromatic heterocycles. The molecule has 0 spiro atoms. The van der Waals surface area contributed by atoms with Crippen molar-refractivity contribution in [2.24, 2.45) is 0 Å². The van der Waals surface area contributed by atoms with Crippen LogP contribution in [0.1, 0.15) is 0 Å². The molecule has 54 heavy (non-hydrogen) atoms. The van der Waals surface area contributed by atoms with Gasteiger partial charge in [0.15, 0.2) is 17.5 Å². The van der Waals surface area contributed by atoms with Crippen molar-refractivity contribution in [1.29, 1.82) is 0 Å². The fourth-order valence-corrected chi connectivity index (χ4v) is 8.92. The van der Waals surface area contributed by atoms with Crippen LogP contribution in [0.2, 0.25) is 0 Å². The third-order valence-corrected chi connectivity index (χ3v) is 11.6. The number of hydrogen-bond donors (Lipinski definition) is 0. The van der Waals surface area contributed by atoms with Gasteiger partial charge in [-0.2, -0.15) is 0 Å². The first-order chi connectivity index (χ1) is 26.7. The Labute approximate surface area is 314 Å². The number of nitrogens with zero attached hydrogens (tertiary/aromatic N) is 3. The van der Waals surface area contributed by atoms with E-state index in [0.717, 1.165) is 55.1 Å². The molecule has 0 radical (unpaired) electrons. The first kappa shape index (κ1) is 30.7. The predicted octanol–water partition coefficient (Wildman–Crippen LogP) is 13.6. The molecule has 0 amide bonds. The highest BCUT2D eigenvalue weighted by Gasteiger charge is 2.19. The van der Waals surface area contributed by atoms with E-state index in [-0.39, 0.29) is 0 Å². The van der Waals surface area contributed by atoms with Gasteiger partial charge in [-0.3, -0.25) is 0 Å². The second kappa shape index (κ2) is 12.3. The Kier molecular flexibility index (Phi) is 7.00. The Bertz CT molecular complexity index is 3230. The number of rotatable bonds is 5. The summed E-state index contributed by atoms with van der Waals surface area (Å²) in [5.41, 5.74) is 9.00. The highest BCUT2D eigenvalue weighted by molar-refractivity contribution is 7.26. The van der Waals surface area contributed by atoms with E-state index in [2.05, 4.69) is 152 Å². The molecule has 0 N–H and O–H groups in total. The molecule has 4 nitrogen and oxygen atoms in total. The van der Waals surface area contributed by atoms with Crippen LogP contribution >= 0.6 is 11.3 Å². The molecule has 0 fully saturated rings. The normalized spacial score (nSPS) is 11.7. The highest BCUT2D eigenvalue weighted by atomic mass is 32.1. The van der Waals surface area contributed by atoms with Gasteiger partial charge < -0.3 is 4.42 Å². The second-order valence-corrected chi connectivity index (χ2v) is 14.6. The van der Waals surface area contributed by atoms with Gasteiger partial charge in [0.05, 0.1) is 0 Å². The minimum absolute atomic E-state index is 0.589. The van der Waals surface area contributed by atoms with Gasteiger partial charge in [-0.15, -0.1) is 11.3 Å². The molecule has 0 unspecified atom stereocenters. The highest BCUT2D eigenvalue weighted by Crippen LogP contribution is 2.44. The lowest BCUT2D eigenvalue weighted by atomic mass is 9.92. The van der Waals surface area contributed by atoms with Gasteiger partial charge in [-0.1, -0.05) is 140 Å².